The van der Waals surface area contributed by atoms with Crippen LogP contribution in [0, 0.1) is 0 Å². The highest BCUT2D eigenvalue weighted by Crippen LogP contribution is 2.25. The number of phenols is 1. The number of hydrogen-bond donors (Lipinski definition) is 2. The molecule has 18 heavy (non-hydrogen) atoms. The molecule has 1 unspecified atom stereocenters. The smallest absolute Gasteiger partial charge is 0.125 e. The fourth-order valence-electron chi connectivity index (χ4n) is 1.71. The van der Waals surface area contributed by atoms with Crippen molar-refractivity contribution in [3.63, 3.8) is 0 Å². The van der Waals surface area contributed by atoms with Crippen LogP contribution in [0.1, 0.15) is 24.2 Å². The topological polar surface area (TPSA) is 49.7 Å². The molecule has 94 valence electrons. The number of aliphatic hydroxyl groups excluding tert-OH is 1. The normalized spacial score (nSPS) is 12.1. The molecule has 0 saturated carbocycles. The maximum Gasteiger partial charge on any atom is 0.125 e. The van der Waals surface area contributed by atoms with Crippen LogP contribution in [-0.2, 0) is 6.61 Å². The number of ether oxygens (including phenoxy) is 1. The van der Waals surface area contributed by atoms with Crippen molar-refractivity contribution in [2.45, 2.75) is 19.6 Å². The number of para-hydroxylation sites is 1. The average Bonchev–Trinajstić information content (AvgIpc) is 2.38. The molecule has 0 radical (unpaired) electrons. The first-order valence-electron chi connectivity index (χ1n) is 5.84. The lowest BCUT2D eigenvalue weighted by Gasteiger charge is -2.13. The third-order valence-corrected chi connectivity index (χ3v) is 2.70. The van der Waals surface area contributed by atoms with Crippen molar-refractivity contribution < 1.29 is 14.9 Å². The Morgan fingerprint density at radius 3 is 2.39 bits per heavy atom. The van der Waals surface area contributed by atoms with E-state index in [9.17, 15) is 10.2 Å². The molecule has 0 aromatic heterocycles. The van der Waals surface area contributed by atoms with Gasteiger partial charge in [-0.3, -0.25) is 0 Å². The molecule has 2 aromatic rings. The zero-order valence-corrected chi connectivity index (χ0v) is 10.2. The fourth-order valence-corrected chi connectivity index (χ4v) is 1.71. The van der Waals surface area contributed by atoms with E-state index in [0.717, 1.165) is 11.1 Å². The van der Waals surface area contributed by atoms with Crippen LogP contribution in [0.5, 0.6) is 11.5 Å². The van der Waals surface area contributed by atoms with Crippen molar-refractivity contribution in [2.24, 2.45) is 0 Å². The summed E-state index contributed by atoms with van der Waals surface area (Å²) in [5.74, 6) is 0.920. The second-order valence-corrected chi connectivity index (χ2v) is 4.17. The van der Waals surface area contributed by atoms with E-state index in [0.29, 0.717) is 12.4 Å². The van der Waals surface area contributed by atoms with Crippen molar-refractivity contribution in [1.29, 1.82) is 0 Å². The van der Waals surface area contributed by atoms with E-state index in [4.69, 9.17) is 4.74 Å². The Labute approximate surface area is 106 Å². The molecule has 0 saturated heterocycles. The van der Waals surface area contributed by atoms with Crippen LogP contribution in [0.3, 0.4) is 0 Å². The number of aromatic hydroxyl groups is 1. The van der Waals surface area contributed by atoms with Gasteiger partial charge in [0.15, 0.2) is 0 Å². The van der Waals surface area contributed by atoms with Gasteiger partial charge >= 0.3 is 0 Å². The Balaban J connectivity index is 2.08. The lowest BCUT2D eigenvalue weighted by molar-refractivity contribution is 0.190. The Kier molecular flexibility index (Phi) is 3.85. The average molecular weight is 244 g/mol. The molecule has 0 aliphatic carbocycles. The number of hydrogen-bond acceptors (Lipinski definition) is 3. The van der Waals surface area contributed by atoms with Crippen molar-refractivity contribution >= 4 is 0 Å². The molecule has 0 heterocycles. The van der Waals surface area contributed by atoms with Crippen LogP contribution in [0.2, 0.25) is 0 Å². The summed E-state index contributed by atoms with van der Waals surface area (Å²) < 4.78 is 5.68. The summed E-state index contributed by atoms with van der Waals surface area (Å²) in [4.78, 5) is 0. The van der Waals surface area contributed by atoms with Crippen LogP contribution in [0.15, 0.2) is 48.5 Å². The predicted molar refractivity (Wildman–Crippen MR) is 69.5 cm³/mol. The largest absolute Gasteiger partial charge is 0.508 e. The molecule has 0 aliphatic heterocycles. The Hall–Kier alpha value is -2.00. The standard InChI is InChI=1S/C15H16O3/c1-11(16)14-4-2-3-5-15(14)18-10-12-6-8-13(17)9-7-12/h2-9,11,16-17H,10H2,1H3. The SMILES string of the molecule is CC(O)c1ccccc1OCc1ccc(O)cc1. The molecule has 2 N–H and O–H groups in total. The van der Waals surface area contributed by atoms with E-state index >= 15 is 0 Å². The molecule has 3 heteroatoms. The van der Waals surface area contributed by atoms with Crippen LogP contribution in [0.25, 0.3) is 0 Å². The molecule has 0 fully saturated rings. The van der Waals surface area contributed by atoms with Gasteiger partial charge < -0.3 is 14.9 Å². The summed E-state index contributed by atoms with van der Waals surface area (Å²) in [6.07, 6.45) is -0.555. The minimum absolute atomic E-state index is 0.239. The van der Waals surface area contributed by atoms with Crippen molar-refractivity contribution in [3.05, 3.63) is 59.7 Å². The zero-order chi connectivity index (χ0) is 13.0. The van der Waals surface area contributed by atoms with Gasteiger partial charge in [-0.2, -0.15) is 0 Å². The molecule has 0 amide bonds. The van der Waals surface area contributed by atoms with E-state index in [-0.39, 0.29) is 5.75 Å². The lowest BCUT2D eigenvalue weighted by atomic mass is 10.1. The third kappa shape index (κ3) is 3.02. The van der Waals surface area contributed by atoms with Crippen molar-refractivity contribution in [3.8, 4) is 11.5 Å². The van der Waals surface area contributed by atoms with Gasteiger partial charge in [0.05, 0.1) is 6.10 Å². The summed E-state index contributed by atoms with van der Waals surface area (Å²) in [6.45, 7) is 2.12. The molecule has 2 rings (SSSR count). The summed E-state index contributed by atoms with van der Waals surface area (Å²) in [6, 6.07) is 14.3. The van der Waals surface area contributed by atoms with Crippen LogP contribution < -0.4 is 4.74 Å². The molecule has 2 aromatic carbocycles. The van der Waals surface area contributed by atoms with Gasteiger partial charge in [0, 0.05) is 5.56 Å². The van der Waals surface area contributed by atoms with E-state index in [2.05, 4.69) is 0 Å². The molecular weight excluding hydrogens is 228 g/mol. The molecule has 0 bridgehead atoms. The molecule has 0 aliphatic rings. The number of phenolic OH excluding ortho intramolecular Hbond substituents is 1. The van der Waals surface area contributed by atoms with Crippen LogP contribution >= 0.6 is 0 Å². The van der Waals surface area contributed by atoms with Gasteiger partial charge in [0.25, 0.3) is 0 Å². The van der Waals surface area contributed by atoms with Gasteiger partial charge in [-0.25, -0.2) is 0 Å². The first-order valence-corrected chi connectivity index (χ1v) is 5.84. The first-order chi connectivity index (χ1) is 8.66. The van der Waals surface area contributed by atoms with Crippen molar-refractivity contribution in [2.75, 3.05) is 0 Å². The Morgan fingerprint density at radius 2 is 1.72 bits per heavy atom. The number of aliphatic hydroxyl groups is 1. The first kappa shape index (κ1) is 12.5. The predicted octanol–water partition coefficient (Wildman–Crippen LogP) is 3.02. The molecule has 0 spiro atoms. The lowest BCUT2D eigenvalue weighted by Crippen LogP contribution is -2.00. The summed E-state index contributed by atoms with van der Waals surface area (Å²) in [7, 11) is 0. The van der Waals surface area contributed by atoms with Crippen molar-refractivity contribution in [1.82, 2.24) is 0 Å². The van der Waals surface area contributed by atoms with E-state index < -0.39 is 6.10 Å². The number of rotatable bonds is 4. The minimum atomic E-state index is -0.555. The van der Waals surface area contributed by atoms with Gasteiger partial charge in [0.1, 0.15) is 18.1 Å². The summed E-state index contributed by atoms with van der Waals surface area (Å²) in [5.41, 5.74) is 1.74. The second-order valence-electron chi connectivity index (χ2n) is 4.17. The van der Waals surface area contributed by atoms with Gasteiger partial charge in [-0.15, -0.1) is 0 Å². The Morgan fingerprint density at radius 1 is 1.06 bits per heavy atom. The van der Waals surface area contributed by atoms with E-state index in [1.807, 2.05) is 24.3 Å². The highest BCUT2D eigenvalue weighted by atomic mass is 16.5. The van der Waals surface area contributed by atoms with E-state index in [1.54, 1.807) is 31.2 Å². The van der Waals surface area contributed by atoms with Crippen LogP contribution in [0.4, 0.5) is 0 Å². The zero-order valence-electron chi connectivity index (χ0n) is 10.2. The minimum Gasteiger partial charge on any atom is -0.508 e. The quantitative estimate of drug-likeness (QED) is 0.869. The highest BCUT2D eigenvalue weighted by Gasteiger charge is 2.08. The van der Waals surface area contributed by atoms with Gasteiger partial charge in [-0.05, 0) is 30.7 Å². The Bertz CT molecular complexity index is 503. The second kappa shape index (κ2) is 5.56. The number of benzene rings is 2. The van der Waals surface area contributed by atoms with Gasteiger partial charge in [-0.1, -0.05) is 30.3 Å². The third-order valence-electron chi connectivity index (χ3n) is 2.70. The van der Waals surface area contributed by atoms with E-state index in [1.165, 1.54) is 0 Å². The van der Waals surface area contributed by atoms with Gasteiger partial charge in [0.2, 0.25) is 0 Å². The maximum atomic E-state index is 9.63. The maximum absolute atomic E-state index is 9.63. The fraction of sp³-hybridized carbons (Fsp3) is 0.200. The molecule has 1 atom stereocenters. The molecule has 3 nitrogen and oxygen atoms in total. The summed E-state index contributed by atoms with van der Waals surface area (Å²) in [5, 5.41) is 18.8. The molecular formula is C15H16O3. The van der Waals surface area contributed by atoms with Crippen LogP contribution in [-0.4, -0.2) is 10.2 Å². The highest BCUT2D eigenvalue weighted by molar-refractivity contribution is 5.35. The monoisotopic (exact) mass is 244 g/mol. The summed E-state index contributed by atoms with van der Waals surface area (Å²) >= 11 is 0.